The molecule has 7 nitrogen and oxygen atoms in total. The Hall–Kier alpha value is -3.09. The van der Waals surface area contributed by atoms with Crippen LogP contribution < -0.4 is 14.5 Å². The summed E-state index contributed by atoms with van der Waals surface area (Å²) in [6.45, 7) is 10.2. The molecular formula is C26H35N3O4. The van der Waals surface area contributed by atoms with Gasteiger partial charge in [0.2, 0.25) is 0 Å². The molecule has 0 unspecified atom stereocenters. The van der Waals surface area contributed by atoms with Gasteiger partial charge in [-0.05, 0) is 42.0 Å². The SMILES string of the molecule is COC(=O)[C@@H]1CCN(c2cc(OC)ccc2C(=O)N(CC(C)(C)C)c2ccccn2)C[C@H]1C. The standard InChI is InChI=1S/C26H35N3O4/c1-18-16-28(14-12-20(18)25(31)33-6)22-15-19(32-5)10-11-21(22)24(30)29(17-26(2,3)4)23-9-7-8-13-27-23/h7-11,13,15,18,20H,12,14,16-17H2,1-6H3/t18-,20-/m1/s1. The van der Waals surface area contributed by atoms with Gasteiger partial charge in [-0.1, -0.05) is 33.8 Å². The Morgan fingerprint density at radius 2 is 1.94 bits per heavy atom. The molecule has 0 saturated carbocycles. The summed E-state index contributed by atoms with van der Waals surface area (Å²) in [4.78, 5) is 34.4. The van der Waals surface area contributed by atoms with Crippen LogP contribution in [0.3, 0.4) is 0 Å². The van der Waals surface area contributed by atoms with Gasteiger partial charge in [0, 0.05) is 31.9 Å². The Morgan fingerprint density at radius 3 is 2.52 bits per heavy atom. The highest BCUT2D eigenvalue weighted by Gasteiger charge is 2.34. The molecule has 0 spiro atoms. The van der Waals surface area contributed by atoms with E-state index < -0.39 is 0 Å². The Bertz CT molecular complexity index is 971. The first-order chi connectivity index (χ1) is 15.6. The Morgan fingerprint density at radius 1 is 1.18 bits per heavy atom. The van der Waals surface area contributed by atoms with Crippen molar-refractivity contribution in [1.29, 1.82) is 0 Å². The minimum absolute atomic E-state index is 0.0989. The average molecular weight is 454 g/mol. The number of rotatable bonds is 6. The summed E-state index contributed by atoms with van der Waals surface area (Å²) < 4.78 is 10.5. The fraction of sp³-hybridized carbons (Fsp3) is 0.500. The number of benzene rings is 1. The summed E-state index contributed by atoms with van der Waals surface area (Å²) >= 11 is 0. The van der Waals surface area contributed by atoms with Crippen molar-refractivity contribution >= 4 is 23.4 Å². The van der Waals surface area contributed by atoms with E-state index in [-0.39, 0.29) is 29.1 Å². The largest absolute Gasteiger partial charge is 0.497 e. The van der Waals surface area contributed by atoms with Crippen molar-refractivity contribution in [3.8, 4) is 5.75 Å². The Balaban J connectivity index is 1.99. The zero-order valence-electron chi connectivity index (χ0n) is 20.5. The summed E-state index contributed by atoms with van der Waals surface area (Å²) in [5.41, 5.74) is 1.28. The van der Waals surface area contributed by atoms with Gasteiger partial charge in [0.05, 0.1) is 31.4 Å². The maximum Gasteiger partial charge on any atom is 0.309 e. The number of carbonyl (C=O) groups excluding carboxylic acids is 2. The number of methoxy groups -OCH3 is 2. The van der Waals surface area contributed by atoms with Crippen LogP contribution >= 0.6 is 0 Å². The second kappa shape index (κ2) is 10.2. The zero-order valence-corrected chi connectivity index (χ0v) is 20.5. The van der Waals surface area contributed by atoms with Crippen LogP contribution in [0.15, 0.2) is 42.6 Å². The maximum atomic E-state index is 13.9. The minimum Gasteiger partial charge on any atom is -0.497 e. The molecule has 1 aromatic carbocycles. The van der Waals surface area contributed by atoms with Gasteiger partial charge in [0.25, 0.3) is 5.91 Å². The molecule has 1 aromatic heterocycles. The molecule has 33 heavy (non-hydrogen) atoms. The topological polar surface area (TPSA) is 72.0 Å². The summed E-state index contributed by atoms with van der Waals surface area (Å²) in [7, 11) is 3.05. The van der Waals surface area contributed by atoms with Gasteiger partial charge in [-0.25, -0.2) is 4.98 Å². The molecule has 2 aromatic rings. The second-order valence-corrected chi connectivity index (χ2v) is 9.86. The predicted octanol–water partition coefficient (Wildman–Crippen LogP) is 4.42. The van der Waals surface area contributed by atoms with Gasteiger partial charge in [0.1, 0.15) is 11.6 Å². The van der Waals surface area contributed by atoms with Crippen LogP contribution in [0.4, 0.5) is 11.5 Å². The quantitative estimate of drug-likeness (QED) is 0.603. The Kier molecular flexibility index (Phi) is 7.61. The van der Waals surface area contributed by atoms with E-state index >= 15 is 0 Å². The van der Waals surface area contributed by atoms with Crippen molar-refractivity contribution in [3.05, 3.63) is 48.2 Å². The first kappa shape index (κ1) is 24.6. The number of nitrogens with zero attached hydrogens (tertiary/aromatic N) is 3. The molecule has 0 N–H and O–H groups in total. The zero-order chi connectivity index (χ0) is 24.2. The van der Waals surface area contributed by atoms with Crippen molar-refractivity contribution in [1.82, 2.24) is 4.98 Å². The van der Waals surface area contributed by atoms with Crippen LogP contribution in [-0.4, -0.2) is 50.7 Å². The van der Waals surface area contributed by atoms with Gasteiger partial charge in [-0.3, -0.25) is 14.5 Å². The second-order valence-electron chi connectivity index (χ2n) is 9.86. The van der Waals surface area contributed by atoms with Crippen molar-refractivity contribution in [2.24, 2.45) is 17.3 Å². The molecule has 0 radical (unpaired) electrons. The monoisotopic (exact) mass is 453 g/mol. The summed E-state index contributed by atoms with van der Waals surface area (Å²) in [6.07, 6.45) is 2.37. The molecule has 1 saturated heterocycles. The highest BCUT2D eigenvalue weighted by atomic mass is 16.5. The number of amides is 1. The lowest BCUT2D eigenvalue weighted by atomic mass is 9.86. The van der Waals surface area contributed by atoms with Crippen molar-refractivity contribution in [2.75, 3.05) is 43.7 Å². The van der Waals surface area contributed by atoms with Crippen LogP contribution in [-0.2, 0) is 9.53 Å². The van der Waals surface area contributed by atoms with E-state index in [1.807, 2.05) is 36.4 Å². The van der Waals surface area contributed by atoms with Gasteiger partial charge in [-0.2, -0.15) is 0 Å². The summed E-state index contributed by atoms with van der Waals surface area (Å²) in [6, 6.07) is 11.1. The predicted molar refractivity (Wildman–Crippen MR) is 130 cm³/mol. The number of anilines is 2. The summed E-state index contributed by atoms with van der Waals surface area (Å²) in [5.74, 6) is 0.991. The molecule has 2 heterocycles. The molecule has 1 fully saturated rings. The van der Waals surface area contributed by atoms with E-state index in [1.54, 1.807) is 18.2 Å². The number of aromatic nitrogens is 1. The number of esters is 1. The lowest BCUT2D eigenvalue weighted by Gasteiger charge is -2.38. The fourth-order valence-electron chi connectivity index (χ4n) is 4.34. The van der Waals surface area contributed by atoms with E-state index in [0.29, 0.717) is 43.2 Å². The molecular weight excluding hydrogens is 418 g/mol. The third-order valence-electron chi connectivity index (χ3n) is 5.99. The lowest BCUT2D eigenvalue weighted by molar-refractivity contribution is -0.147. The van der Waals surface area contributed by atoms with Crippen LogP contribution in [0, 0.1) is 17.3 Å². The lowest BCUT2D eigenvalue weighted by Crippen LogP contribution is -2.44. The minimum atomic E-state index is -0.171. The number of piperidine rings is 1. The molecule has 3 rings (SSSR count). The van der Waals surface area contributed by atoms with Crippen LogP contribution in [0.1, 0.15) is 44.5 Å². The highest BCUT2D eigenvalue weighted by Crippen LogP contribution is 2.34. The molecule has 178 valence electrons. The number of hydrogen-bond donors (Lipinski definition) is 0. The molecule has 1 aliphatic heterocycles. The molecule has 1 aliphatic rings. The van der Waals surface area contributed by atoms with Crippen molar-refractivity contribution < 1.29 is 19.1 Å². The third kappa shape index (κ3) is 5.83. The highest BCUT2D eigenvalue weighted by molar-refractivity contribution is 6.09. The first-order valence-corrected chi connectivity index (χ1v) is 11.4. The van der Waals surface area contributed by atoms with Gasteiger partial charge in [0.15, 0.2) is 0 Å². The molecule has 7 heteroatoms. The number of pyridine rings is 1. The van der Waals surface area contributed by atoms with E-state index in [0.717, 1.165) is 5.69 Å². The van der Waals surface area contributed by atoms with Crippen LogP contribution in [0.2, 0.25) is 0 Å². The smallest absolute Gasteiger partial charge is 0.309 e. The third-order valence-corrected chi connectivity index (χ3v) is 5.99. The van der Waals surface area contributed by atoms with Crippen molar-refractivity contribution in [2.45, 2.75) is 34.1 Å². The van der Waals surface area contributed by atoms with E-state index in [4.69, 9.17) is 9.47 Å². The molecule has 0 aliphatic carbocycles. The molecule has 2 atom stereocenters. The molecule has 0 bridgehead atoms. The van der Waals surface area contributed by atoms with Crippen LogP contribution in [0.5, 0.6) is 5.75 Å². The maximum absolute atomic E-state index is 13.9. The first-order valence-electron chi connectivity index (χ1n) is 11.4. The van der Waals surface area contributed by atoms with Gasteiger partial charge >= 0.3 is 5.97 Å². The Labute approximate surface area is 196 Å². The van der Waals surface area contributed by atoms with Gasteiger partial charge < -0.3 is 14.4 Å². The molecule has 1 amide bonds. The van der Waals surface area contributed by atoms with E-state index in [2.05, 4.69) is 37.6 Å². The number of ether oxygens (including phenoxy) is 2. The number of hydrogen-bond acceptors (Lipinski definition) is 6. The van der Waals surface area contributed by atoms with E-state index in [1.165, 1.54) is 7.11 Å². The van der Waals surface area contributed by atoms with E-state index in [9.17, 15) is 9.59 Å². The average Bonchev–Trinajstić information content (AvgIpc) is 2.81. The van der Waals surface area contributed by atoms with Gasteiger partial charge in [-0.15, -0.1) is 0 Å². The number of carbonyl (C=O) groups is 2. The van der Waals surface area contributed by atoms with Crippen molar-refractivity contribution in [3.63, 3.8) is 0 Å². The summed E-state index contributed by atoms with van der Waals surface area (Å²) in [5, 5.41) is 0. The fourth-order valence-corrected chi connectivity index (χ4v) is 4.34. The van der Waals surface area contributed by atoms with Crippen LogP contribution in [0.25, 0.3) is 0 Å². The normalized spacial score (nSPS) is 18.5.